The molecule has 0 radical (unpaired) electrons. The van der Waals surface area contributed by atoms with Crippen molar-refractivity contribution in [2.45, 2.75) is 20.0 Å². The Morgan fingerprint density at radius 1 is 1.38 bits per heavy atom. The molecule has 1 aromatic carbocycles. The fraction of sp³-hybridized carbons (Fsp3) is 0.250. The molecule has 3 nitrogen and oxygen atoms in total. The molecule has 0 amide bonds. The van der Waals surface area contributed by atoms with Crippen molar-refractivity contribution in [1.29, 1.82) is 0 Å². The molecule has 0 spiro atoms. The molecule has 4 heteroatoms. The molecule has 0 aliphatic carbocycles. The molecule has 0 saturated heterocycles. The van der Waals surface area contributed by atoms with E-state index in [0.29, 0.717) is 5.02 Å². The van der Waals surface area contributed by atoms with Gasteiger partial charge in [0.05, 0.1) is 22.5 Å². The predicted octanol–water partition coefficient (Wildman–Crippen LogP) is 2.89. The lowest BCUT2D eigenvalue weighted by Gasteiger charge is -2.08. The average molecular weight is 237 g/mol. The summed E-state index contributed by atoms with van der Waals surface area (Å²) in [5.41, 5.74) is 2.56. The van der Waals surface area contributed by atoms with Gasteiger partial charge < -0.3 is 5.11 Å². The predicted molar refractivity (Wildman–Crippen MR) is 63.9 cm³/mol. The Labute approximate surface area is 99.3 Å². The van der Waals surface area contributed by atoms with Crippen molar-refractivity contribution in [2.24, 2.45) is 0 Å². The Bertz CT molecular complexity index is 505. The van der Waals surface area contributed by atoms with Crippen LogP contribution in [-0.2, 0) is 0 Å². The summed E-state index contributed by atoms with van der Waals surface area (Å²) in [6.45, 7) is 3.64. The van der Waals surface area contributed by atoms with Crippen molar-refractivity contribution in [3.63, 3.8) is 0 Å². The number of hydrogen-bond donors (Lipinski definition) is 1. The molecule has 1 aromatic heterocycles. The Morgan fingerprint density at radius 3 is 2.62 bits per heavy atom. The lowest BCUT2D eigenvalue weighted by Crippen LogP contribution is -1.98. The van der Waals surface area contributed by atoms with Crippen molar-refractivity contribution >= 4 is 11.6 Å². The van der Waals surface area contributed by atoms with E-state index in [9.17, 15) is 5.11 Å². The first kappa shape index (κ1) is 11.2. The maximum Gasteiger partial charge on any atom is 0.0832 e. The van der Waals surface area contributed by atoms with Gasteiger partial charge >= 0.3 is 0 Å². The second-order valence-electron chi connectivity index (χ2n) is 3.79. The van der Waals surface area contributed by atoms with Crippen LogP contribution in [0.1, 0.15) is 24.3 Å². The summed E-state index contributed by atoms with van der Waals surface area (Å²) in [6, 6.07) is 7.39. The Hall–Kier alpha value is -1.32. The first-order valence-electron chi connectivity index (χ1n) is 5.08. The summed E-state index contributed by atoms with van der Waals surface area (Å²) in [5.74, 6) is 0. The van der Waals surface area contributed by atoms with Crippen molar-refractivity contribution in [1.82, 2.24) is 9.78 Å². The van der Waals surface area contributed by atoms with Crippen LogP contribution in [0.3, 0.4) is 0 Å². The van der Waals surface area contributed by atoms with Crippen molar-refractivity contribution in [3.05, 3.63) is 46.7 Å². The molecule has 0 bridgehead atoms. The van der Waals surface area contributed by atoms with E-state index in [1.54, 1.807) is 17.7 Å². The third-order valence-corrected chi connectivity index (χ3v) is 2.73. The minimum Gasteiger partial charge on any atom is -0.389 e. The van der Waals surface area contributed by atoms with E-state index in [2.05, 4.69) is 5.10 Å². The number of aromatic nitrogens is 2. The molecule has 84 valence electrons. The number of hydrogen-bond acceptors (Lipinski definition) is 2. The van der Waals surface area contributed by atoms with Gasteiger partial charge in [0, 0.05) is 6.20 Å². The summed E-state index contributed by atoms with van der Waals surface area (Å²) in [5, 5.41) is 14.3. The van der Waals surface area contributed by atoms with Crippen LogP contribution in [0.4, 0.5) is 0 Å². The van der Waals surface area contributed by atoms with Gasteiger partial charge in [0.15, 0.2) is 0 Å². The van der Waals surface area contributed by atoms with E-state index in [0.717, 1.165) is 16.9 Å². The van der Waals surface area contributed by atoms with Gasteiger partial charge in [0.1, 0.15) is 0 Å². The summed E-state index contributed by atoms with van der Waals surface area (Å²) >= 11 is 6.15. The zero-order valence-electron chi connectivity index (χ0n) is 9.18. The van der Waals surface area contributed by atoms with E-state index in [-0.39, 0.29) is 0 Å². The number of benzene rings is 1. The van der Waals surface area contributed by atoms with Gasteiger partial charge in [0.2, 0.25) is 0 Å². The fourth-order valence-corrected chi connectivity index (χ4v) is 1.79. The highest BCUT2D eigenvalue weighted by Gasteiger charge is 2.07. The minimum absolute atomic E-state index is 0.508. The molecule has 0 aliphatic rings. The Morgan fingerprint density at radius 2 is 2.12 bits per heavy atom. The van der Waals surface area contributed by atoms with Crippen molar-refractivity contribution in [3.8, 4) is 5.69 Å². The fourth-order valence-electron chi connectivity index (χ4n) is 1.52. The number of nitrogens with zero attached hydrogens (tertiary/aromatic N) is 2. The van der Waals surface area contributed by atoms with E-state index in [4.69, 9.17) is 11.6 Å². The highest BCUT2D eigenvalue weighted by atomic mass is 35.5. The van der Waals surface area contributed by atoms with Crippen molar-refractivity contribution in [2.75, 3.05) is 0 Å². The quantitative estimate of drug-likeness (QED) is 0.871. The number of halogens is 1. The Kier molecular flexibility index (Phi) is 2.99. The zero-order valence-corrected chi connectivity index (χ0v) is 9.94. The monoisotopic (exact) mass is 236 g/mol. The van der Waals surface area contributed by atoms with Crippen LogP contribution in [0, 0.1) is 6.92 Å². The van der Waals surface area contributed by atoms with Gasteiger partial charge in [-0.15, -0.1) is 0 Å². The van der Waals surface area contributed by atoms with Gasteiger partial charge in [0.25, 0.3) is 0 Å². The topological polar surface area (TPSA) is 38.0 Å². The maximum absolute atomic E-state index is 9.43. The average Bonchev–Trinajstić information content (AvgIpc) is 2.64. The number of aliphatic hydroxyl groups excluding tert-OH is 1. The normalized spacial score (nSPS) is 12.8. The molecule has 0 unspecified atom stereocenters. The molecule has 1 heterocycles. The second-order valence-corrected chi connectivity index (χ2v) is 4.20. The van der Waals surface area contributed by atoms with Crippen LogP contribution in [-0.4, -0.2) is 14.9 Å². The first-order valence-corrected chi connectivity index (χ1v) is 5.46. The molecular weight excluding hydrogens is 224 g/mol. The van der Waals surface area contributed by atoms with Crippen LogP contribution < -0.4 is 0 Å². The SMILES string of the molecule is Cc1ccn(-c2ccc([C@@H](C)O)cc2Cl)n1. The molecule has 0 aliphatic heterocycles. The summed E-state index contributed by atoms with van der Waals surface area (Å²) in [7, 11) is 0. The number of aryl methyl sites for hydroxylation is 1. The molecule has 1 N–H and O–H groups in total. The van der Waals surface area contributed by atoms with E-state index in [1.165, 1.54) is 0 Å². The standard InChI is InChI=1S/C12H13ClN2O/c1-8-5-6-15(14-8)12-4-3-10(9(2)16)7-11(12)13/h3-7,9,16H,1-2H3/t9-/m1/s1. The maximum atomic E-state index is 9.43. The highest BCUT2D eigenvalue weighted by molar-refractivity contribution is 6.32. The summed E-state index contributed by atoms with van der Waals surface area (Å²) in [4.78, 5) is 0. The lowest BCUT2D eigenvalue weighted by atomic mass is 10.1. The first-order chi connectivity index (χ1) is 7.58. The third-order valence-electron chi connectivity index (χ3n) is 2.42. The summed E-state index contributed by atoms with van der Waals surface area (Å²) < 4.78 is 1.73. The smallest absolute Gasteiger partial charge is 0.0832 e. The van der Waals surface area contributed by atoms with E-state index >= 15 is 0 Å². The number of aliphatic hydroxyl groups is 1. The van der Waals surface area contributed by atoms with Crippen LogP contribution in [0.15, 0.2) is 30.5 Å². The van der Waals surface area contributed by atoms with Crippen molar-refractivity contribution < 1.29 is 5.11 Å². The van der Waals surface area contributed by atoms with E-state index < -0.39 is 6.10 Å². The molecule has 2 aromatic rings. The zero-order chi connectivity index (χ0) is 11.7. The molecule has 0 fully saturated rings. The van der Waals surface area contributed by atoms with Crippen LogP contribution >= 0.6 is 11.6 Å². The molecule has 0 saturated carbocycles. The second kappa shape index (κ2) is 4.28. The third kappa shape index (κ3) is 2.10. The highest BCUT2D eigenvalue weighted by Crippen LogP contribution is 2.24. The Balaban J connectivity index is 2.44. The van der Waals surface area contributed by atoms with Crippen LogP contribution in [0.2, 0.25) is 5.02 Å². The summed E-state index contributed by atoms with van der Waals surface area (Å²) in [6.07, 6.45) is 1.35. The van der Waals surface area contributed by atoms with E-state index in [1.807, 2.05) is 31.3 Å². The number of rotatable bonds is 2. The molecular formula is C12H13ClN2O. The van der Waals surface area contributed by atoms with Gasteiger partial charge in [-0.25, -0.2) is 4.68 Å². The lowest BCUT2D eigenvalue weighted by molar-refractivity contribution is 0.199. The molecule has 16 heavy (non-hydrogen) atoms. The van der Waals surface area contributed by atoms with Crippen LogP contribution in [0.25, 0.3) is 5.69 Å². The van der Waals surface area contributed by atoms with Gasteiger partial charge in [-0.05, 0) is 37.6 Å². The molecule has 1 atom stereocenters. The van der Waals surface area contributed by atoms with Crippen LogP contribution in [0.5, 0.6) is 0 Å². The van der Waals surface area contributed by atoms with Gasteiger partial charge in [-0.3, -0.25) is 0 Å². The minimum atomic E-state index is -0.508. The molecule has 2 rings (SSSR count). The largest absolute Gasteiger partial charge is 0.389 e. The van der Waals surface area contributed by atoms with Gasteiger partial charge in [-0.2, -0.15) is 5.10 Å². The van der Waals surface area contributed by atoms with Gasteiger partial charge in [-0.1, -0.05) is 17.7 Å².